The molecule has 1 saturated heterocycles. The fourth-order valence-corrected chi connectivity index (χ4v) is 2.77. The van der Waals surface area contributed by atoms with Crippen LogP contribution in [0.3, 0.4) is 0 Å². The molecule has 110 valence electrons. The molecule has 6 nitrogen and oxygen atoms in total. The summed E-state index contributed by atoms with van der Waals surface area (Å²) < 4.78 is 1.80. The van der Waals surface area contributed by atoms with E-state index in [1.807, 2.05) is 19.3 Å². The molecule has 21 heavy (non-hydrogen) atoms. The van der Waals surface area contributed by atoms with Crippen molar-refractivity contribution in [2.24, 2.45) is 13.0 Å². The number of aliphatic hydroxyl groups excluding tert-OH is 1. The van der Waals surface area contributed by atoms with Crippen LogP contribution in [0, 0.1) is 5.92 Å². The van der Waals surface area contributed by atoms with Gasteiger partial charge in [0.1, 0.15) is 5.69 Å². The average Bonchev–Trinajstić information content (AvgIpc) is 3.06. The summed E-state index contributed by atoms with van der Waals surface area (Å²) in [5, 5.41) is 10.2. The molecule has 3 rings (SSSR count). The fraction of sp³-hybridized carbons (Fsp3) is 0.400. The van der Waals surface area contributed by atoms with Crippen molar-refractivity contribution in [1.82, 2.24) is 19.4 Å². The Kier molecular flexibility index (Phi) is 3.70. The Morgan fingerprint density at radius 1 is 1.43 bits per heavy atom. The molecule has 0 bridgehead atoms. The predicted octanol–water partition coefficient (Wildman–Crippen LogP) is 0.491. The van der Waals surface area contributed by atoms with E-state index in [0.717, 1.165) is 5.69 Å². The van der Waals surface area contributed by atoms with E-state index in [0.29, 0.717) is 25.2 Å². The highest BCUT2D eigenvalue weighted by Crippen LogP contribution is 2.22. The summed E-state index contributed by atoms with van der Waals surface area (Å²) in [4.78, 5) is 22.4. The molecule has 6 heteroatoms. The highest BCUT2D eigenvalue weighted by atomic mass is 16.3. The zero-order chi connectivity index (χ0) is 14.8. The van der Waals surface area contributed by atoms with E-state index in [1.54, 1.807) is 34.1 Å². The number of hydrogen-bond donors (Lipinski definition) is 1. The monoisotopic (exact) mass is 286 g/mol. The van der Waals surface area contributed by atoms with Crippen LogP contribution in [0.15, 0.2) is 36.9 Å². The van der Waals surface area contributed by atoms with Gasteiger partial charge >= 0.3 is 0 Å². The van der Waals surface area contributed by atoms with Crippen LogP contribution >= 0.6 is 0 Å². The Morgan fingerprint density at radius 3 is 2.95 bits per heavy atom. The number of rotatable bonds is 3. The molecular weight excluding hydrogens is 268 g/mol. The lowest BCUT2D eigenvalue weighted by atomic mass is 10.0. The quantitative estimate of drug-likeness (QED) is 0.891. The number of hydrogen-bond acceptors (Lipinski definition) is 4. The lowest BCUT2D eigenvalue weighted by Gasteiger charge is -2.16. The lowest BCUT2D eigenvalue weighted by Crippen LogP contribution is -2.30. The first-order valence-corrected chi connectivity index (χ1v) is 6.98. The Morgan fingerprint density at radius 2 is 2.29 bits per heavy atom. The molecule has 1 fully saturated rings. The van der Waals surface area contributed by atoms with E-state index in [9.17, 15) is 9.90 Å². The molecule has 1 N–H and O–H groups in total. The first kappa shape index (κ1) is 13.8. The maximum absolute atomic E-state index is 12.4. The summed E-state index contributed by atoms with van der Waals surface area (Å²) >= 11 is 0. The van der Waals surface area contributed by atoms with Gasteiger partial charge in [0.05, 0.1) is 11.8 Å². The van der Waals surface area contributed by atoms with E-state index in [2.05, 4.69) is 9.97 Å². The molecule has 3 heterocycles. The van der Waals surface area contributed by atoms with Gasteiger partial charge in [-0.15, -0.1) is 0 Å². The number of aromatic nitrogens is 3. The number of aryl methyl sites for hydroxylation is 1. The average molecular weight is 286 g/mol. The third-order valence-electron chi connectivity index (χ3n) is 3.94. The minimum Gasteiger partial charge on any atom is -0.391 e. The van der Waals surface area contributed by atoms with Crippen molar-refractivity contribution in [2.45, 2.75) is 12.5 Å². The Bertz CT molecular complexity index is 626. The van der Waals surface area contributed by atoms with Crippen molar-refractivity contribution in [3.63, 3.8) is 0 Å². The van der Waals surface area contributed by atoms with Crippen LogP contribution in [0.25, 0.3) is 0 Å². The highest BCUT2D eigenvalue weighted by Gasteiger charge is 2.35. The number of nitrogens with zero attached hydrogens (tertiary/aromatic N) is 4. The van der Waals surface area contributed by atoms with Crippen molar-refractivity contribution in [2.75, 3.05) is 13.1 Å². The van der Waals surface area contributed by atoms with E-state index in [4.69, 9.17) is 0 Å². The number of amides is 1. The lowest BCUT2D eigenvalue weighted by molar-refractivity contribution is 0.0755. The minimum absolute atomic E-state index is 0.00548. The van der Waals surface area contributed by atoms with Crippen LogP contribution in [-0.4, -0.2) is 49.6 Å². The summed E-state index contributed by atoms with van der Waals surface area (Å²) in [5.74, 6) is -0.0332. The van der Waals surface area contributed by atoms with Crippen molar-refractivity contribution in [3.05, 3.63) is 48.3 Å². The molecule has 1 amide bonds. The summed E-state index contributed by atoms with van der Waals surface area (Å²) in [6.07, 6.45) is 6.93. The van der Waals surface area contributed by atoms with Crippen LogP contribution in [-0.2, 0) is 13.5 Å². The Labute approximate surface area is 123 Å². The van der Waals surface area contributed by atoms with Crippen molar-refractivity contribution in [1.29, 1.82) is 0 Å². The van der Waals surface area contributed by atoms with Gasteiger partial charge in [-0.1, -0.05) is 0 Å². The topological polar surface area (TPSA) is 71.2 Å². The first-order valence-electron chi connectivity index (χ1n) is 6.98. The van der Waals surface area contributed by atoms with Crippen molar-refractivity contribution < 1.29 is 9.90 Å². The summed E-state index contributed by atoms with van der Waals surface area (Å²) in [6.45, 7) is 0.913. The van der Waals surface area contributed by atoms with E-state index < -0.39 is 6.10 Å². The normalized spacial score (nSPS) is 21.7. The Hall–Kier alpha value is -2.21. The van der Waals surface area contributed by atoms with E-state index in [1.165, 1.54) is 0 Å². The van der Waals surface area contributed by atoms with Crippen LogP contribution in [0.2, 0.25) is 0 Å². The third-order valence-corrected chi connectivity index (χ3v) is 3.94. The second kappa shape index (κ2) is 5.65. The Balaban J connectivity index is 1.69. The highest BCUT2D eigenvalue weighted by molar-refractivity contribution is 5.93. The number of carbonyl (C=O) groups is 1. The van der Waals surface area contributed by atoms with Gasteiger partial charge in [-0.05, 0) is 18.6 Å². The van der Waals surface area contributed by atoms with Crippen molar-refractivity contribution in [3.8, 4) is 0 Å². The van der Waals surface area contributed by atoms with E-state index >= 15 is 0 Å². The standard InChI is InChI=1S/C15H18N4O2/c1-18-6-2-3-13(18)15(21)19-9-11(14(20)10-19)7-12-8-16-4-5-17-12/h2-6,8,11,14,20H,7,9-10H2,1H3/t11-,14-/m1/s1. The van der Waals surface area contributed by atoms with Gasteiger partial charge in [0, 0.05) is 50.8 Å². The zero-order valence-corrected chi connectivity index (χ0v) is 11.9. The van der Waals surface area contributed by atoms with Crippen LogP contribution in [0.5, 0.6) is 0 Å². The van der Waals surface area contributed by atoms with Gasteiger partial charge in [-0.25, -0.2) is 0 Å². The van der Waals surface area contributed by atoms with Gasteiger partial charge in [0.2, 0.25) is 0 Å². The molecular formula is C15H18N4O2. The molecule has 0 radical (unpaired) electrons. The maximum Gasteiger partial charge on any atom is 0.270 e. The number of aliphatic hydroxyl groups is 1. The molecule has 1 aliphatic rings. The third kappa shape index (κ3) is 2.80. The molecule has 2 aromatic heterocycles. The number of β-amino-alcohol motifs (C(OH)–C–C–N with tert-alkyl or cyclic N) is 1. The van der Waals surface area contributed by atoms with Gasteiger partial charge in [-0.2, -0.15) is 0 Å². The smallest absolute Gasteiger partial charge is 0.270 e. The molecule has 0 aromatic carbocycles. The second-order valence-corrected chi connectivity index (χ2v) is 5.44. The van der Waals surface area contributed by atoms with Gasteiger partial charge < -0.3 is 14.6 Å². The summed E-state index contributed by atoms with van der Waals surface area (Å²) in [7, 11) is 1.84. The molecule has 2 atom stereocenters. The molecule has 0 spiro atoms. The first-order chi connectivity index (χ1) is 10.1. The molecule has 0 saturated carbocycles. The van der Waals surface area contributed by atoms with Crippen LogP contribution in [0.4, 0.5) is 0 Å². The van der Waals surface area contributed by atoms with Gasteiger partial charge in [0.15, 0.2) is 0 Å². The molecule has 0 aliphatic carbocycles. The summed E-state index contributed by atoms with van der Waals surface area (Å²) in [5.41, 5.74) is 1.48. The van der Waals surface area contributed by atoms with Gasteiger partial charge in [-0.3, -0.25) is 14.8 Å². The molecule has 0 unspecified atom stereocenters. The largest absolute Gasteiger partial charge is 0.391 e. The van der Waals surface area contributed by atoms with E-state index in [-0.39, 0.29) is 11.8 Å². The second-order valence-electron chi connectivity index (χ2n) is 5.44. The van der Waals surface area contributed by atoms with Gasteiger partial charge in [0.25, 0.3) is 5.91 Å². The van der Waals surface area contributed by atoms with Crippen LogP contribution < -0.4 is 0 Å². The van der Waals surface area contributed by atoms with Crippen LogP contribution in [0.1, 0.15) is 16.2 Å². The molecule has 1 aliphatic heterocycles. The maximum atomic E-state index is 12.4. The fourth-order valence-electron chi connectivity index (χ4n) is 2.77. The van der Waals surface area contributed by atoms with Crippen molar-refractivity contribution >= 4 is 5.91 Å². The predicted molar refractivity (Wildman–Crippen MR) is 76.5 cm³/mol. The summed E-state index contributed by atoms with van der Waals surface area (Å²) in [6, 6.07) is 3.64. The zero-order valence-electron chi connectivity index (χ0n) is 11.9. The molecule has 2 aromatic rings. The SMILES string of the molecule is Cn1cccc1C(=O)N1C[C@@H](Cc2cnccn2)[C@H](O)C1. The minimum atomic E-state index is -0.517. The number of carbonyl (C=O) groups excluding carboxylic acids is 1. The number of likely N-dealkylation sites (tertiary alicyclic amines) is 1.